The first-order chi connectivity index (χ1) is 9.28. The number of hydrogen-bond donors (Lipinski definition) is 2. The summed E-state index contributed by atoms with van der Waals surface area (Å²) in [5.74, 6) is -0.849. The maximum Gasteiger partial charge on any atom is 0.264 e. The third kappa shape index (κ3) is 3.29. The highest BCUT2D eigenvalue weighted by Crippen LogP contribution is 2.24. The molecule has 0 aromatic heterocycles. The summed E-state index contributed by atoms with van der Waals surface area (Å²) >= 11 is 3.27. The Morgan fingerprint density at radius 2 is 1.90 bits per heavy atom. The van der Waals surface area contributed by atoms with Gasteiger partial charge in [-0.05, 0) is 48.9 Å². The van der Waals surface area contributed by atoms with Crippen LogP contribution in [0.15, 0.2) is 45.8 Å². The molecule has 0 amide bonds. The molecule has 2 aromatic carbocycles. The average molecular weight is 359 g/mol. The summed E-state index contributed by atoms with van der Waals surface area (Å²) in [6, 6.07) is 8.48. The summed E-state index contributed by atoms with van der Waals surface area (Å²) in [6.45, 7) is 1.82. The molecule has 2 rings (SSSR count). The predicted octanol–water partition coefficient (Wildman–Crippen LogP) is 3.28. The molecule has 3 N–H and O–H groups in total. The van der Waals surface area contributed by atoms with Crippen LogP contribution in [0.1, 0.15) is 5.56 Å². The van der Waals surface area contributed by atoms with Crippen molar-refractivity contribution in [3.8, 4) is 0 Å². The fraction of sp³-hybridized carbons (Fsp3) is 0.0769. The smallest absolute Gasteiger partial charge is 0.264 e. The van der Waals surface area contributed by atoms with Gasteiger partial charge in [0.15, 0.2) is 0 Å². The van der Waals surface area contributed by atoms with Crippen molar-refractivity contribution in [2.24, 2.45) is 0 Å². The fourth-order valence-corrected chi connectivity index (χ4v) is 3.49. The van der Waals surface area contributed by atoms with E-state index in [0.717, 1.165) is 22.2 Å². The first-order valence-electron chi connectivity index (χ1n) is 5.63. The average Bonchev–Trinajstić information content (AvgIpc) is 2.30. The van der Waals surface area contributed by atoms with Gasteiger partial charge in [0.1, 0.15) is 10.7 Å². The van der Waals surface area contributed by atoms with E-state index in [1.807, 2.05) is 13.0 Å². The largest absolute Gasteiger partial charge is 0.399 e. The van der Waals surface area contributed by atoms with E-state index in [4.69, 9.17) is 5.73 Å². The number of halogens is 2. The summed E-state index contributed by atoms with van der Waals surface area (Å²) in [6.07, 6.45) is 0. The van der Waals surface area contributed by atoms with Gasteiger partial charge in [-0.25, -0.2) is 12.8 Å². The number of aryl methyl sites for hydroxylation is 1. The van der Waals surface area contributed by atoms with Crippen LogP contribution >= 0.6 is 15.9 Å². The van der Waals surface area contributed by atoms with E-state index < -0.39 is 20.7 Å². The molecule has 0 fully saturated rings. The number of sulfonamides is 1. The molecule has 0 saturated heterocycles. The number of nitrogens with two attached hydrogens (primary N) is 1. The van der Waals surface area contributed by atoms with Crippen molar-refractivity contribution in [1.82, 2.24) is 0 Å². The second kappa shape index (κ2) is 5.41. The lowest BCUT2D eigenvalue weighted by molar-refractivity contribution is 0.570. The van der Waals surface area contributed by atoms with Gasteiger partial charge in [-0.15, -0.1) is 0 Å². The summed E-state index contributed by atoms with van der Waals surface area (Å²) in [4.78, 5) is -0.477. The number of nitrogens with one attached hydrogen (secondary N) is 1. The quantitative estimate of drug-likeness (QED) is 0.827. The van der Waals surface area contributed by atoms with Gasteiger partial charge in [0.2, 0.25) is 0 Å². The number of hydrogen-bond acceptors (Lipinski definition) is 3. The molecule has 0 aliphatic rings. The monoisotopic (exact) mass is 358 g/mol. The highest BCUT2D eigenvalue weighted by molar-refractivity contribution is 9.10. The molecular weight excluding hydrogens is 347 g/mol. The Hall–Kier alpha value is -1.60. The molecule has 0 bridgehead atoms. The number of benzene rings is 2. The molecular formula is C13H12BrFN2O2S. The van der Waals surface area contributed by atoms with Gasteiger partial charge in [0.25, 0.3) is 10.0 Å². The minimum atomic E-state index is -4.03. The zero-order valence-electron chi connectivity index (χ0n) is 10.5. The Balaban J connectivity index is 2.43. The minimum Gasteiger partial charge on any atom is -0.399 e. The van der Waals surface area contributed by atoms with Crippen molar-refractivity contribution in [2.45, 2.75) is 11.8 Å². The maximum absolute atomic E-state index is 13.6. The van der Waals surface area contributed by atoms with Gasteiger partial charge in [-0.1, -0.05) is 15.9 Å². The lowest BCUT2D eigenvalue weighted by Crippen LogP contribution is -2.15. The minimum absolute atomic E-state index is 0.178. The van der Waals surface area contributed by atoms with Crippen molar-refractivity contribution in [3.63, 3.8) is 0 Å². The molecule has 0 spiro atoms. The van der Waals surface area contributed by atoms with Crippen LogP contribution in [0, 0.1) is 12.7 Å². The van der Waals surface area contributed by atoms with Crippen LogP contribution in [0.25, 0.3) is 0 Å². The lowest BCUT2D eigenvalue weighted by Gasteiger charge is -2.10. The first-order valence-corrected chi connectivity index (χ1v) is 7.90. The Morgan fingerprint density at radius 3 is 2.55 bits per heavy atom. The Morgan fingerprint density at radius 1 is 1.20 bits per heavy atom. The second-order valence-corrected chi connectivity index (χ2v) is 6.88. The molecule has 7 heteroatoms. The van der Waals surface area contributed by atoms with Crippen molar-refractivity contribution in [2.75, 3.05) is 10.5 Å². The van der Waals surface area contributed by atoms with E-state index in [-0.39, 0.29) is 5.69 Å². The van der Waals surface area contributed by atoms with Crippen molar-refractivity contribution < 1.29 is 12.8 Å². The van der Waals surface area contributed by atoms with Gasteiger partial charge in [0.05, 0.1) is 5.69 Å². The highest BCUT2D eigenvalue weighted by Gasteiger charge is 2.19. The maximum atomic E-state index is 13.6. The van der Waals surface area contributed by atoms with Crippen LogP contribution in [0.5, 0.6) is 0 Å². The molecule has 0 atom stereocenters. The third-order valence-electron chi connectivity index (χ3n) is 2.54. The van der Waals surface area contributed by atoms with E-state index in [2.05, 4.69) is 20.7 Å². The zero-order chi connectivity index (χ0) is 14.9. The molecule has 4 nitrogen and oxygen atoms in total. The predicted molar refractivity (Wildman–Crippen MR) is 80.5 cm³/mol. The van der Waals surface area contributed by atoms with Crippen molar-refractivity contribution in [1.29, 1.82) is 0 Å². The van der Waals surface area contributed by atoms with Crippen LogP contribution in [0.3, 0.4) is 0 Å². The SMILES string of the molecule is Cc1cc(Br)cc(NS(=O)(=O)c2cc(N)ccc2F)c1. The van der Waals surface area contributed by atoms with E-state index >= 15 is 0 Å². The molecule has 0 unspecified atom stereocenters. The van der Waals surface area contributed by atoms with Crippen LogP contribution in [0.2, 0.25) is 0 Å². The molecule has 0 aliphatic carbocycles. The van der Waals surface area contributed by atoms with Crippen LogP contribution in [-0.4, -0.2) is 8.42 Å². The number of rotatable bonds is 3. The topological polar surface area (TPSA) is 72.2 Å². The van der Waals surface area contributed by atoms with Gasteiger partial charge < -0.3 is 5.73 Å². The second-order valence-electron chi connectivity index (χ2n) is 4.31. The van der Waals surface area contributed by atoms with E-state index in [0.29, 0.717) is 5.69 Å². The van der Waals surface area contributed by atoms with Gasteiger partial charge >= 0.3 is 0 Å². The number of anilines is 2. The molecule has 20 heavy (non-hydrogen) atoms. The summed E-state index contributed by atoms with van der Waals surface area (Å²) in [5, 5.41) is 0. The molecule has 2 aromatic rings. The Labute approximate surface area is 125 Å². The normalized spacial score (nSPS) is 11.3. The fourth-order valence-electron chi connectivity index (χ4n) is 1.73. The van der Waals surface area contributed by atoms with Crippen molar-refractivity contribution >= 4 is 37.3 Å². The van der Waals surface area contributed by atoms with Crippen LogP contribution in [0.4, 0.5) is 15.8 Å². The van der Waals surface area contributed by atoms with Crippen LogP contribution in [-0.2, 0) is 10.0 Å². The molecule has 0 radical (unpaired) electrons. The van der Waals surface area contributed by atoms with E-state index in [9.17, 15) is 12.8 Å². The van der Waals surface area contributed by atoms with Crippen LogP contribution < -0.4 is 10.5 Å². The molecule has 0 saturated carbocycles. The third-order valence-corrected chi connectivity index (χ3v) is 4.39. The Kier molecular flexibility index (Phi) is 4.01. The Bertz CT molecular complexity index is 743. The van der Waals surface area contributed by atoms with Gasteiger partial charge in [0, 0.05) is 10.2 Å². The summed E-state index contributed by atoms with van der Waals surface area (Å²) < 4.78 is 41.0. The standard InChI is InChI=1S/C13H12BrFN2O2S/c1-8-4-9(14)6-11(5-8)17-20(18,19)13-7-10(16)2-3-12(13)15/h2-7,17H,16H2,1H3. The molecule has 106 valence electrons. The summed E-state index contributed by atoms with van der Waals surface area (Å²) in [7, 11) is -4.03. The summed E-state index contributed by atoms with van der Waals surface area (Å²) in [5.41, 5.74) is 6.89. The van der Waals surface area contributed by atoms with Gasteiger partial charge in [-0.2, -0.15) is 0 Å². The number of nitrogen functional groups attached to an aromatic ring is 1. The first kappa shape index (κ1) is 14.8. The lowest BCUT2D eigenvalue weighted by atomic mass is 10.2. The zero-order valence-corrected chi connectivity index (χ0v) is 12.9. The van der Waals surface area contributed by atoms with E-state index in [1.165, 1.54) is 6.07 Å². The van der Waals surface area contributed by atoms with Gasteiger partial charge in [-0.3, -0.25) is 4.72 Å². The van der Waals surface area contributed by atoms with Crippen molar-refractivity contribution in [3.05, 3.63) is 52.3 Å². The molecule has 0 aliphatic heterocycles. The highest BCUT2D eigenvalue weighted by atomic mass is 79.9. The molecule has 0 heterocycles. The van der Waals surface area contributed by atoms with E-state index in [1.54, 1.807) is 12.1 Å².